The van der Waals surface area contributed by atoms with Crippen LogP contribution in [0.3, 0.4) is 0 Å². The first-order valence-electron chi connectivity index (χ1n) is 4.92. The molecule has 0 unspecified atom stereocenters. The number of nitrogens with one attached hydrogen (secondary N) is 2. The predicted octanol–water partition coefficient (Wildman–Crippen LogP) is 1.88. The lowest BCUT2D eigenvalue weighted by molar-refractivity contribution is 0.628. The van der Waals surface area contributed by atoms with E-state index < -0.39 is 5.82 Å². The number of anilines is 4. The van der Waals surface area contributed by atoms with E-state index in [1.54, 1.807) is 6.07 Å². The molecule has 0 fully saturated rings. The molecule has 6 N–H and O–H groups in total. The Morgan fingerprint density at radius 1 is 1.17 bits per heavy atom. The standard InChI is InChI=1S/C10H10ClFN6/c11-6-3-5(1-2-7(6)12)15-8-4-9(18-14)17-10(13)16-8/h1-4H,14H2,(H4,13,15,16,17,18). The van der Waals surface area contributed by atoms with Gasteiger partial charge in [0.1, 0.15) is 17.5 Å². The number of halogens is 2. The Hall–Kier alpha value is -2.12. The lowest BCUT2D eigenvalue weighted by Gasteiger charge is -2.08. The van der Waals surface area contributed by atoms with Gasteiger partial charge in [0.2, 0.25) is 5.95 Å². The Bertz CT molecular complexity index is 576. The molecule has 0 saturated carbocycles. The fraction of sp³-hybridized carbons (Fsp3) is 0. The van der Waals surface area contributed by atoms with Crippen LogP contribution in [0.15, 0.2) is 24.3 Å². The second kappa shape index (κ2) is 5.03. The third-order valence-electron chi connectivity index (χ3n) is 2.08. The molecule has 2 rings (SSSR count). The van der Waals surface area contributed by atoms with Crippen LogP contribution in [-0.4, -0.2) is 9.97 Å². The van der Waals surface area contributed by atoms with Gasteiger partial charge in [-0.25, -0.2) is 10.2 Å². The molecular weight excluding hydrogens is 259 g/mol. The molecule has 8 heteroatoms. The molecule has 0 aliphatic heterocycles. The summed E-state index contributed by atoms with van der Waals surface area (Å²) in [4.78, 5) is 7.78. The maximum Gasteiger partial charge on any atom is 0.223 e. The summed E-state index contributed by atoms with van der Waals surface area (Å²) in [6.45, 7) is 0. The zero-order valence-electron chi connectivity index (χ0n) is 9.11. The second-order valence-corrected chi connectivity index (χ2v) is 3.80. The highest BCUT2D eigenvalue weighted by Gasteiger charge is 2.04. The highest BCUT2D eigenvalue weighted by Crippen LogP contribution is 2.23. The van der Waals surface area contributed by atoms with Crippen LogP contribution in [0.2, 0.25) is 5.02 Å². The highest BCUT2D eigenvalue weighted by molar-refractivity contribution is 6.31. The average molecular weight is 269 g/mol. The lowest BCUT2D eigenvalue weighted by Crippen LogP contribution is -2.11. The molecule has 2 aromatic rings. The first-order chi connectivity index (χ1) is 8.58. The third kappa shape index (κ3) is 2.76. The van der Waals surface area contributed by atoms with Gasteiger partial charge in [0.15, 0.2) is 0 Å². The molecule has 1 heterocycles. The number of hydrazine groups is 1. The van der Waals surface area contributed by atoms with E-state index in [0.717, 1.165) is 0 Å². The van der Waals surface area contributed by atoms with Crippen LogP contribution in [0.5, 0.6) is 0 Å². The van der Waals surface area contributed by atoms with Crippen molar-refractivity contribution >= 4 is 34.9 Å². The van der Waals surface area contributed by atoms with Crippen molar-refractivity contribution in [3.8, 4) is 0 Å². The molecule has 94 valence electrons. The first-order valence-corrected chi connectivity index (χ1v) is 5.29. The average Bonchev–Trinajstić information content (AvgIpc) is 2.33. The molecule has 0 bridgehead atoms. The SMILES string of the molecule is NNc1cc(Nc2ccc(F)c(Cl)c2)nc(N)n1. The van der Waals surface area contributed by atoms with Gasteiger partial charge < -0.3 is 16.5 Å². The van der Waals surface area contributed by atoms with E-state index in [2.05, 4.69) is 20.7 Å². The molecule has 18 heavy (non-hydrogen) atoms. The van der Waals surface area contributed by atoms with E-state index >= 15 is 0 Å². The van der Waals surface area contributed by atoms with Crippen molar-refractivity contribution in [2.24, 2.45) is 5.84 Å². The van der Waals surface area contributed by atoms with Crippen LogP contribution in [0.25, 0.3) is 0 Å². The Balaban J connectivity index is 2.27. The van der Waals surface area contributed by atoms with Crippen molar-refractivity contribution < 1.29 is 4.39 Å². The Morgan fingerprint density at radius 3 is 2.56 bits per heavy atom. The summed E-state index contributed by atoms with van der Waals surface area (Å²) in [6, 6.07) is 5.75. The van der Waals surface area contributed by atoms with Crippen LogP contribution >= 0.6 is 11.6 Å². The Morgan fingerprint density at radius 2 is 1.89 bits per heavy atom. The lowest BCUT2D eigenvalue weighted by atomic mass is 10.3. The summed E-state index contributed by atoms with van der Waals surface area (Å²) < 4.78 is 13.0. The quantitative estimate of drug-likeness (QED) is 0.501. The minimum atomic E-state index is -0.492. The van der Waals surface area contributed by atoms with Crippen LogP contribution in [0, 0.1) is 5.82 Å². The molecule has 0 radical (unpaired) electrons. The maximum absolute atomic E-state index is 13.0. The van der Waals surface area contributed by atoms with Crippen LogP contribution in [0.4, 0.5) is 27.7 Å². The zero-order valence-corrected chi connectivity index (χ0v) is 9.87. The highest BCUT2D eigenvalue weighted by atomic mass is 35.5. The van der Waals surface area contributed by atoms with Gasteiger partial charge in [-0.2, -0.15) is 9.97 Å². The van der Waals surface area contributed by atoms with Gasteiger partial charge in [-0.3, -0.25) is 0 Å². The van der Waals surface area contributed by atoms with Gasteiger partial charge in [-0.05, 0) is 18.2 Å². The zero-order chi connectivity index (χ0) is 13.1. The predicted molar refractivity (Wildman–Crippen MR) is 68.9 cm³/mol. The molecule has 0 amide bonds. The number of hydrogen-bond acceptors (Lipinski definition) is 6. The molecule has 6 nitrogen and oxygen atoms in total. The van der Waals surface area contributed by atoms with E-state index in [4.69, 9.17) is 23.2 Å². The van der Waals surface area contributed by atoms with Crippen LogP contribution in [0.1, 0.15) is 0 Å². The Labute approximate surface area is 107 Å². The van der Waals surface area contributed by atoms with Crippen molar-refractivity contribution in [3.05, 3.63) is 35.1 Å². The van der Waals surface area contributed by atoms with Gasteiger partial charge in [-0.15, -0.1) is 0 Å². The number of nitrogens with zero attached hydrogens (tertiary/aromatic N) is 2. The van der Waals surface area contributed by atoms with Gasteiger partial charge >= 0.3 is 0 Å². The summed E-state index contributed by atoms with van der Waals surface area (Å²) in [5.74, 6) is 5.57. The monoisotopic (exact) mass is 268 g/mol. The van der Waals surface area contributed by atoms with Crippen molar-refractivity contribution in [3.63, 3.8) is 0 Å². The fourth-order valence-corrected chi connectivity index (χ4v) is 1.51. The minimum absolute atomic E-state index is 0.0131. The van der Waals surface area contributed by atoms with E-state index in [1.807, 2.05) is 0 Å². The summed E-state index contributed by atoms with van der Waals surface area (Å²) in [5, 5.41) is 2.92. The molecule has 1 aromatic carbocycles. The minimum Gasteiger partial charge on any atom is -0.368 e. The first kappa shape index (κ1) is 12.3. The van der Waals surface area contributed by atoms with Crippen LogP contribution < -0.4 is 22.3 Å². The van der Waals surface area contributed by atoms with Gasteiger partial charge in [0.25, 0.3) is 0 Å². The number of hydrogen-bond donors (Lipinski definition) is 4. The smallest absolute Gasteiger partial charge is 0.223 e. The Kier molecular flexibility index (Phi) is 3.45. The molecule has 0 aliphatic rings. The van der Waals surface area contributed by atoms with Crippen molar-refractivity contribution in [2.75, 3.05) is 16.5 Å². The number of aromatic nitrogens is 2. The summed E-state index contributed by atoms with van der Waals surface area (Å²) in [5.41, 5.74) is 8.43. The number of benzene rings is 1. The molecule has 0 aliphatic carbocycles. The molecule has 0 spiro atoms. The van der Waals surface area contributed by atoms with Crippen LogP contribution in [-0.2, 0) is 0 Å². The van der Waals surface area contributed by atoms with Crippen molar-refractivity contribution in [1.29, 1.82) is 0 Å². The summed E-state index contributed by atoms with van der Waals surface area (Å²) in [7, 11) is 0. The fourth-order valence-electron chi connectivity index (χ4n) is 1.33. The summed E-state index contributed by atoms with van der Waals surface area (Å²) >= 11 is 5.67. The topological polar surface area (TPSA) is 102 Å². The van der Waals surface area contributed by atoms with E-state index in [9.17, 15) is 4.39 Å². The number of nitrogens with two attached hydrogens (primary N) is 2. The molecule has 1 aromatic heterocycles. The second-order valence-electron chi connectivity index (χ2n) is 3.39. The van der Waals surface area contributed by atoms with Gasteiger partial charge in [0.05, 0.1) is 5.02 Å². The molecule has 0 atom stereocenters. The number of nitrogen functional groups attached to an aromatic ring is 2. The number of rotatable bonds is 3. The van der Waals surface area contributed by atoms with Gasteiger partial charge in [-0.1, -0.05) is 11.6 Å². The molecular formula is C10H10ClFN6. The van der Waals surface area contributed by atoms with E-state index in [1.165, 1.54) is 18.2 Å². The molecule has 0 saturated heterocycles. The van der Waals surface area contributed by atoms with E-state index in [0.29, 0.717) is 17.3 Å². The summed E-state index contributed by atoms with van der Waals surface area (Å²) in [6.07, 6.45) is 0. The normalized spacial score (nSPS) is 10.2. The van der Waals surface area contributed by atoms with E-state index in [-0.39, 0.29) is 11.0 Å². The maximum atomic E-state index is 13.0. The third-order valence-corrected chi connectivity index (χ3v) is 2.37. The van der Waals surface area contributed by atoms with Crippen molar-refractivity contribution in [2.45, 2.75) is 0 Å². The largest absolute Gasteiger partial charge is 0.368 e. The van der Waals surface area contributed by atoms with Crippen molar-refractivity contribution in [1.82, 2.24) is 9.97 Å². The van der Waals surface area contributed by atoms with Gasteiger partial charge in [0, 0.05) is 11.8 Å².